The Hall–Kier alpha value is -0.390. The maximum absolute atomic E-state index is 10.6. The highest BCUT2D eigenvalue weighted by Gasteiger charge is 2.44. The van der Waals surface area contributed by atoms with Crippen LogP contribution in [0.2, 0.25) is 0 Å². The number of rotatable bonds is 2. The molecule has 1 saturated heterocycles. The lowest BCUT2D eigenvalue weighted by molar-refractivity contribution is -0.0381. The molecular formula is C10H15BrN2O2. The van der Waals surface area contributed by atoms with Crippen molar-refractivity contribution in [1.29, 1.82) is 0 Å². The summed E-state index contributed by atoms with van der Waals surface area (Å²) in [6.07, 6.45) is 2.16. The van der Waals surface area contributed by atoms with E-state index in [-0.39, 0.29) is 6.10 Å². The molecule has 4 nitrogen and oxygen atoms in total. The first-order valence-corrected chi connectivity index (χ1v) is 5.94. The highest BCUT2D eigenvalue weighted by molar-refractivity contribution is 9.10. The quantitative estimate of drug-likeness (QED) is 0.893. The van der Waals surface area contributed by atoms with Gasteiger partial charge in [0, 0.05) is 13.0 Å². The highest BCUT2D eigenvalue weighted by atomic mass is 79.9. The average Bonchev–Trinajstić information content (AvgIpc) is 2.72. The fraction of sp³-hybridized carbons (Fsp3) is 0.700. The minimum Gasteiger partial charge on any atom is -0.381 e. The van der Waals surface area contributed by atoms with Crippen LogP contribution in [-0.2, 0) is 16.9 Å². The second-order valence-electron chi connectivity index (χ2n) is 3.84. The summed E-state index contributed by atoms with van der Waals surface area (Å²) < 4.78 is 8.10. The van der Waals surface area contributed by atoms with E-state index in [0.717, 1.165) is 16.7 Å². The summed E-state index contributed by atoms with van der Waals surface area (Å²) in [6, 6.07) is 0. The molecule has 5 heteroatoms. The first kappa shape index (κ1) is 11.1. The second-order valence-corrected chi connectivity index (χ2v) is 4.70. The molecule has 15 heavy (non-hydrogen) atoms. The molecule has 1 aromatic heterocycles. The normalized spacial score (nSPS) is 31.1. The van der Waals surface area contributed by atoms with Gasteiger partial charge in [0.15, 0.2) is 0 Å². The largest absolute Gasteiger partial charge is 0.381 e. The number of aryl methyl sites for hydroxylation is 1. The third-order valence-electron chi connectivity index (χ3n) is 3.03. The molecule has 0 saturated carbocycles. The molecule has 1 fully saturated rings. The molecule has 0 aromatic carbocycles. The van der Waals surface area contributed by atoms with E-state index < -0.39 is 5.60 Å². The summed E-state index contributed by atoms with van der Waals surface area (Å²) in [5.41, 5.74) is -0.0827. The molecule has 2 atom stereocenters. The van der Waals surface area contributed by atoms with Gasteiger partial charge in [-0.25, -0.2) is 0 Å². The Morgan fingerprint density at radius 1 is 1.80 bits per heavy atom. The van der Waals surface area contributed by atoms with Crippen molar-refractivity contribution in [3.63, 3.8) is 0 Å². The van der Waals surface area contributed by atoms with Crippen LogP contribution in [0.1, 0.15) is 26.0 Å². The van der Waals surface area contributed by atoms with Crippen LogP contribution in [0.15, 0.2) is 10.7 Å². The maximum Gasteiger partial charge on any atom is 0.135 e. The first-order chi connectivity index (χ1) is 7.09. The summed E-state index contributed by atoms with van der Waals surface area (Å²) in [7, 11) is 0. The number of hydrogen-bond donors (Lipinski definition) is 1. The van der Waals surface area contributed by atoms with Gasteiger partial charge in [-0.2, -0.15) is 5.10 Å². The minimum atomic E-state index is -0.911. The molecule has 1 N–H and O–H groups in total. The van der Waals surface area contributed by atoms with E-state index in [4.69, 9.17) is 4.74 Å². The number of halogens is 1. The lowest BCUT2D eigenvalue weighted by Crippen LogP contribution is -2.36. The van der Waals surface area contributed by atoms with E-state index in [1.165, 1.54) is 0 Å². The Labute approximate surface area is 97.4 Å². The van der Waals surface area contributed by atoms with Gasteiger partial charge < -0.3 is 9.84 Å². The van der Waals surface area contributed by atoms with Crippen molar-refractivity contribution in [2.45, 2.75) is 38.5 Å². The van der Waals surface area contributed by atoms with Crippen LogP contribution in [0.5, 0.6) is 0 Å². The van der Waals surface area contributed by atoms with Crippen molar-refractivity contribution in [2.24, 2.45) is 0 Å². The molecule has 0 bridgehead atoms. The van der Waals surface area contributed by atoms with Crippen LogP contribution < -0.4 is 0 Å². The van der Waals surface area contributed by atoms with Crippen molar-refractivity contribution in [3.05, 3.63) is 16.4 Å². The predicted molar refractivity (Wildman–Crippen MR) is 59.5 cm³/mol. The zero-order chi connectivity index (χ0) is 11.1. The molecule has 1 aliphatic heterocycles. The zero-order valence-electron chi connectivity index (χ0n) is 8.90. The molecule has 1 aromatic rings. The SMILES string of the molecule is CCn1ncc(Br)c1C1(O)CCOC1C. The fourth-order valence-electron chi connectivity index (χ4n) is 2.08. The Bertz CT molecular complexity index is 366. The van der Waals surface area contributed by atoms with E-state index >= 15 is 0 Å². The molecule has 84 valence electrons. The molecular weight excluding hydrogens is 260 g/mol. The smallest absolute Gasteiger partial charge is 0.135 e. The Morgan fingerprint density at radius 2 is 2.53 bits per heavy atom. The van der Waals surface area contributed by atoms with E-state index in [9.17, 15) is 5.11 Å². The lowest BCUT2D eigenvalue weighted by Gasteiger charge is -2.27. The van der Waals surface area contributed by atoms with Crippen molar-refractivity contribution in [3.8, 4) is 0 Å². The third kappa shape index (κ3) is 1.62. The van der Waals surface area contributed by atoms with Crippen molar-refractivity contribution >= 4 is 15.9 Å². The fourth-order valence-corrected chi connectivity index (χ4v) is 2.72. The van der Waals surface area contributed by atoms with Crippen LogP contribution in [0.4, 0.5) is 0 Å². The predicted octanol–water partition coefficient (Wildman–Crippen LogP) is 1.66. The number of nitrogens with zero attached hydrogens (tertiary/aromatic N) is 2. The summed E-state index contributed by atoms with van der Waals surface area (Å²) in [5.74, 6) is 0. The number of aliphatic hydroxyl groups is 1. The van der Waals surface area contributed by atoms with Gasteiger partial charge in [-0.15, -0.1) is 0 Å². The van der Waals surface area contributed by atoms with Gasteiger partial charge in [0.25, 0.3) is 0 Å². The van der Waals surface area contributed by atoms with Gasteiger partial charge in [0.2, 0.25) is 0 Å². The standard InChI is InChI=1S/C10H15BrN2O2/c1-3-13-9(8(11)6-12-13)10(14)4-5-15-7(10)2/h6-7,14H,3-5H2,1-2H3. The van der Waals surface area contributed by atoms with E-state index in [1.807, 2.05) is 18.5 Å². The third-order valence-corrected chi connectivity index (χ3v) is 3.61. The van der Waals surface area contributed by atoms with Gasteiger partial charge >= 0.3 is 0 Å². The van der Waals surface area contributed by atoms with Crippen molar-refractivity contribution < 1.29 is 9.84 Å². The molecule has 2 unspecified atom stereocenters. The first-order valence-electron chi connectivity index (χ1n) is 5.15. The second kappa shape index (κ2) is 3.88. The molecule has 0 spiro atoms. The topological polar surface area (TPSA) is 47.3 Å². The molecule has 1 aliphatic rings. The van der Waals surface area contributed by atoms with Crippen LogP contribution >= 0.6 is 15.9 Å². The highest BCUT2D eigenvalue weighted by Crippen LogP contribution is 2.39. The van der Waals surface area contributed by atoms with Crippen LogP contribution in [0.3, 0.4) is 0 Å². The van der Waals surface area contributed by atoms with Gasteiger partial charge in [-0.1, -0.05) is 0 Å². The lowest BCUT2D eigenvalue weighted by atomic mass is 9.92. The van der Waals surface area contributed by atoms with Gasteiger partial charge in [0.1, 0.15) is 5.60 Å². The van der Waals surface area contributed by atoms with Crippen LogP contribution in [0, 0.1) is 0 Å². The van der Waals surface area contributed by atoms with Gasteiger partial charge in [0.05, 0.1) is 29.1 Å². The van der Waals surface area contributed by atoms with E-state index in [1.54, 1.807) is 6.20 Å². The molecule has 2 heterocycles. The number of hydrogen-bond acceptors (Lipinski definition) is 3. The van der Waals surface area contributed by atoms with Gasteiger partial charge in [-0.05, 0) is 29.8 Å². The number of ether oxygens (including phenoxy) is 1. The van der Waals surface area contributed by atoms with Crippen molar-refractivity contribution in [1.82, 2.24) is 9.78 Å². The minimum absolute atomic E-state index is 0.184. The summed E-state index contributed by atoms with van der Waals surface area (Å²) in [6.45, 7) is 5.24. The van der Waals surface area contributed by atoms with Crippen LogP contribution in [0.25, 0.3) is 0 Å². The molecule has 0 radical (unpaired) electrons. The monoisotopic (exact) mass is 274 g/mol. The Kier molecular flexibility index (Phi) is 2.87. The Morgan fingerprint density at radius 3 is 3.07 bits per heavy atom. The molecule has 0 amide bonds. The van der Waals surface area contributed by atoms with Gasteiger partial charge in [-0.3, -0.25) is 4.68 Å². The van der Waals surface area contributed by atoms with E-state index in [2.05, 4.69) is 21.0 Å². The summed E-state index contributed by atoms with van der Waals surface area (Å²) in [5, 5.41) is 14.8. The van der Waals surface area contributed by atoms with Crippen LogP contribution in [-0.4, -0.2) is 27.6 Å². The average molecular weight is 275 g/mol. The maximum atomic E-state index is 10.6. The molecule has 0 aliphatic carbocycles. The van der Waals surface area contributed by atoms with Crippen molar-refractivity contribution in [2.75, 3.05) is 6.61 Å². The summed E-state index contributed by atoms with van der Waals surface area (Å²) in [4.78, 5) is 0. The molecule has 2 rings (SSSR count). The zero-order valence-corrected chi connectivity index (χ0v) is 10.5. The summed E-state index contributed by atoms with van der Waals surface area (Å²) >= 11 is 3.43. The number of aromatic nitrogens is 2. The Balaban J connectivity index is 2.47. The van der Waals surface area contributed by atoms with E-state index in [0.29, 0.717) is 13.0 Å².